The second-order valence-electron chi connectivity index (χ2n) is 6.48. The first-order valence-electron chi connectivity index (χ1n) is 8.76. The summed E-state index contributed by atoms with van der Waals surface area (Å²) in [5.74, 6) is -0.330. The van der Waals surface area contributed by atoms with Gasteiger partial charge in [-0.15, -0.1) is 0 Å². The van der Waals surface area contributed by atoms with Gasteiger partial charge in [-0.1, -0.05) is 12.1 Å². The molecule has 1 aromatic carbocycles. The normalized spacial score (nSPS) is 11.7. The van der Waals surface area contributed by atoms with E-state index < -0.39 is 17.9 Å². The van der Waals surface area contributed by atoms with Crippen molar-refractivity contribution in [2.24, 2.45) is 7.05 Å². The first-order chi connectivity index (χ1) is 13.4. The predicted octanol–water partition coefficient (Wildman–Crippen LogP) is 2.53. The third-order valence-electron chi connectivity index (χ3n) is 4.40. The van der Waals surface area contributed by atoms with E-state index in [0.717, 1.165) is 11.1 Å². The first-order valence-corrected chi connectivity index (χ1v) is 8.76. The molecule has 0 saturated heterocycles. The lowest BCUT2D eigenvalue weighted by atomic mass is 10.1. The van der Waals surface area contributed by atoms with E-state index in [9.17, 15) is 9.59 Å². The van der Waals surface area contributed by atoms with Crippen LogP contribution in [0.15, 0.2) is 47.4 Å². The summed E-state index contributed by atoms with van der Waals surface area (Å²) in [5, 5.41) is 4.27. The Morgan fingerprint density at radius 1 is 1.21 bits per heavy atom. The summed E-state index contributed by atoms with van der Waals surface area (Å²) in [6.45, 7) is 5.51. The zero-order valence-corrected chi connectivity index (χ0v) is 16.1. The summed E-state index contributed by atoms with van der Waals surface area (Å²) in [7, 11) is 1.71. The fraction of sp³-hybridized carbons (Fsp3) is 0.250. The lowest BCUT2D eigenvalue weighted by Gasteiger charge is -2.17. The highest BCUT2D eigenvalue weighted by atomic mass is 16.5. The maximum atomic E-state index is 12.5. The van der Waals surface area contributed by atoms with Crippen molar-refractivity contribution in [3.05, 3.63) is 59.7 Å². The molecule has 3 aromatic rings. The number of amides is 2. The number of nitrogens with one attached hydrogen (secondary N) is 2. The molecule has 0 aliphatic rings. The van der Waals surface area contributed by atoms with Gasteiger partial charge in [0.25, 0.3) is 11.8 Å². The van der Waals surface area contributed by atoms with Crippen LogP contribution in [0.4, 0.5) is 0 Å². The Labute approximate surface area is 162 Å². The van der Waals surface area contributed by atoms with Gasteiger partial charge in [0.2, 0.25) is 0 Å². The van der Waals surface area contributed by atoms with E-state index in [-0.39, 0.29) is 0 Å². The largest absolute Gasteiger partial charge is 0.481 e. The van der Waals surface area contributed by atoms with Crippen molar-refractivity contribution in [1.82, 2.24) is 20.6 Å². The van der Waals surface area contributed by atoms with Crippen molar-refractivity contribution < 1.29 is 18.7 Å². The van der Waals surface area contributed by atoms with E-state index in [1.165, 1.54) is 17.2 Å². The number of nitrogens with zero attached hydrogens (tertiary/aromatic N) is 2. The van der Waals surface area contributed by atoms with Gasteiger partial charge in [0.05, 0.1) is 18.1 Å². The standard InChI is InChI=1S/C20H22N4O4/c1-12-6-5-7-17(13(12)2)28-14(3)19(25)21-22-20(26)16-10-24(4)23-18(16)15-8-9-27-11-15/h5-11,14H,1-4H3,(H,21,25)(H,22,26)/t14-/m1/s1. The van der Waals surface area contributed by atoms with Crippen molar-refractivity contribution in [2.45, 2.75) is 26.9 Å². The van der Waals surface area contributed by atoms with E-state index in [2.05, 4.69) is 16.0 Å². The number of ether oxygens (including phenoxy) is 1. The molecule has 2 heterocycles. The third-order valence-corrected chi connectivity index (χ3v) is 4.40. The molecule has 28 heavy (non-hydrogen) atoms. The van der Waals surface area contributed by atoms with E-state index in [1.807, 2.05) is 26.0 Å². The van der Waals surface area contributed by atoms with Crippen LogP contribution in [0.25, 0.3) is 11.3 Å². The fourth-order valence-corrected chi connectivity index (χ4v) is 2.65. The monoisotopic (exact) mass is 382 g/mol. The minimum Gasteiger partial charge on any atom is -0.481 e. The number of rotatable bonds is 5. The van der Waals surface area contributed by atoms with Crippen LogP contribution < -0.4 is 15.6 Å². The number of aryl methyl sites for hydroxylation is 2. The van der Waals surface area contributed by atoms with Gasteiger partial charge in [-0.2, -0.15) is 5.10 Å². The molecule has 0 saturated carbocycles. The van der Waals surface area contributed by atoms with Gasteiger partial charge >= 0.3 is 0 Å². The maximum absolute atomic E-state index is 12.5. The van der Waals surface area contributed by atoms with Crippen molar-refractivity contribution in [2.75, 3.05) is 0 Å². The van der Waals surface area contributed by atoms with Crippen molar-refractivity contribution >= 4 is 11.8 Å². The Morgan fingerprint density at radius 3 is 2.71 bits per heavy atom. The van der Waals surface area contributed by atoms with Crippen LogP contribution in [0.3, 0.4) is 0 Å². The number of aromatic nitrogens is 2. The second-order valence-corrected chi connectivity index (χ2v) is 6.48. The molecule has 2 amide bonds. The molecule has 3 rings (SSSR count). The van der Waals surface area contributed by atoms with Crippen molar-refractivity contribution in [1.29, 1.82) is 0 Å². The molecular formula is C20H22N4O4. The van der Waals surface area contributed by atoms with Crippen molar-refractivity contribution in [3.63, 3.8) is 0 Å². The minimum atomic E-state index is -0.789. The SMILES string of the molecule is Cc1cccc(O[C@H](C)C(=O)NNC(=O)c2cn(C)nc2-c2ccoc2)c1C. The van der Waals surface area contributed by atoms with Crippen LogP contribution >= 0.6 is 0 Å². The number of hydrogen-bond donors (Lipinski definition) is 2. The van der Waals surface area contributed by atoms with Gasteiger partial charge in [-0.25, -0.2) is 0 Å². The predicted molar refractivity (Wildman–Crippen MR) is 103 cm³/mol. The molecule has 0 fully saturated rings. The van der Waals surface area contributed by atoms with Crippen LogP contribution in [0, 0.1) is 13.8 Å². The van der Waals surface area contributed by atoms with Crippen LogP contribution in [0.5, 0.6) is 5.75 Å². The zero-order valence-electron chi connectivity index (χ0n) is 16.1. The number of carbonyl (C=O) groups is 2. The molecule has 0 aliphatic carbocycles. The number of hydrogen-bond acceptors (Lipinski definition) is 5. The van der Waals surface area contributed by atoms with Crippen LogP contribution in [-0.4, -0.2) is 27.7 Å². The summed E-state index contributed by atoms with van der Waals surface area (Å²) >= 11 is 0. The van der Waals surface area contributed by atoms with Crippen LogP contribution in [-0.2, 0) is 11.8 Å². The Kier molecular flexibility index (Phi) is 5.49. The van der Waals surface area contributed by atoms with Gasteiger partial charge in [0.1, 0.15) is 11.4 Å². The second kappa shape index (κ2) is 7.99. The number of hydrazine groups is 1. The van der Waals surface area contributed by atoms with Gasteiger partial charge in [0, 0.05) is 18.8 Å². The summed E-state index contributed by atoms with van der Waals surface area (Å²) in [6, 6.07) is 7.35. The van der Waals surface area contributed by atoms with Crippen LogP contribution in [0.2, 0.25) is 0 Å². The highest BCUT2D eigenvalue weighted by Gasteiger charge is 2.21. The topological polar surface area (TPSA) is 98.4 Å². The Bertz CT molecular complexity index is 992. The molecule has 2 N–H and O–H groups in total. The van der Waals surface area contributed by atoms with Gasteiger partial charge in [-0.3, -0.25) is 25.1 Å². The molecule has 2 aromatic heterocycles. The van der Waals surface area contributed by atoms with Gasteiger partial charge in [-0.05, 0) is 44.0 Å². The number of benzene rings is 1. The maximum Gasteiger partial charge on any atom is 0.279 e. The Morgan fingerprint density at radius 2 is 2.00 bits per heavy atom. The van der Waals surface area contributed by atoms with Crippen LogP contribution in [0.1, 0.15) is 28.4 Å². The molecule has 0 spiro atoms. The third kappa shape index (κ3) is 4.06. The van der Waals surface area contributed by atoms with E-state index in [1.54, 1.807) is 32.3 Å². The molecule has 0 bridgehead atoms. The molecular weight excluding hydrogens is 360 g/mol. The summed E-state index contributed by atoms with van der Waals surface area (Å²) < 4.78 is 12.3. The van der Waals surface area contributed by atoms with E-state index in [4.69, 9.17) is 9.15 Å². The van der Waals surface area contributed by atoms with E-state index >= 15 is 0 Å². The number of furan rings is 1. The average Bonchev–Trinajstić information content (AvgIpc) is 3.32. The molecule has 0 radical (unpaired) electrons. The van der Waals surface area contributed by atoms with Gasteiger partial charge < -0.3 is 9.15 Å². The zero-order chi connectivity index (χ0) is 20.3. The molecule has 1 atom stereocenters. The van der Waals surface area contributed by atoms with Crippen molar-refractivity contribution in [3.8, 4) is 17.0 Å². The minimum absolute atomic E-state index is 0.312. The molecule has 146 valence electrons. The highest BCUT2D eigenvalue weighted by Crippen LogP contribution is 2.23. The Balaban J connectivity index is 1.63. The molecule has 0 aliphatic heterocycles. The average molecular weight is 382 g/mol. The fourth-order valence-electron chi connectivity index (χ4n) is 2.65. The molecule has 8 heteroatoms. The number of carbonyl (C=O) groups excluding carboxylic acids is 2. The molecule has 0 unspecified atom stereocenters. The smallest absolute Gasteiger partial charge is 0.279 e. The highest BCUT2D eigenvalue weighted by molar-refractivity contribution is 6.00. The lowest BCUT2D eigenvalue weighted by molar-refractivity contribution is -0.128. The summed E-state index contributed by atoms with van der Waals surface area (Å²) in [6.07, 6.45) is 3.78. The quantitative estimate of drug-likeness (QED) is 0.661. The summed E-state index contributed by atoms with van der Waals surface area (Å²) in [4.78, 5) is 24.8. The lowest BCUT2D eigenvalue weighted by Crippen LogP contribution is -2.47. The molecule has 8 nitrogen and oxygen atoms in total. The summed E-state index contributed by atoms with van der Waals surface area (Å²) in [5.41, 5.74) is 8.28. The van der Waals surface area contributed by atoms with Gasteiger partial charge in [0.15, 0.2) is 6.10 Å². The van der Waals surface area contributed by atoms with E-state index in [0.29, 0.717) is 22.6 Å². The first kappa shape index (κ1) is 19.2. The Hall–Kier alpha value is -3.55.